The molecule has 0 fully saturated rings. The minimum absolute atomic E-state index is 0.735. The van der Waals surface area contributed by atoms with Crippen molar-refractivity contribution in [3.05, 3.63) is 47.5 Å². The largest absolute Gasteiger partial charge is 0.497 e. The fraction of sp³-hybridized carbons (Fsp3) is 0.294. The molecule has 2 aromatic carbocycles. The van der Waals surface area contributed by atoms with E-state index in [1.165, 1.54) is 36.1 Å². The number of hydrogen-bond acceptors (Lipinski definition) is 3. The van der Waals surface area contributed by atoms with E-state index in [-0.39, 0.29) is 0 Å². The summed E-state index contributed by atoms with van der Waals surface area (Å²) in [6, 6.07) is 12.2. The Labute approximate surface area is 119 Å². The Kier molecular flexibility index (Phi) is 3.50. The Balaban J connectivity index is 1.95. The van der Waals surface area contributed by atoms with Crippen molar-refractivity contribution in [1.29, 1.82) is 0 Å². The average molecular weight is 268 g/mol. The van der Waals surface area contributed by atoms with Gasteiger partial charge in [0.05, 0.1) is 18.5 Å². The lowest BCUT2D eigenvalue weighted by Crippen LogP contribution is -2.07. The predicted octanol–water partition coefficient (Wildman–Crippen LogP) is 3.90. The van der Waals surface area contributed by atoms with Crippen LogP contribution in [0.1, 0.15) is 24.0 Å². The van der Waals surface area contributed by atoms with Crippen molar-refractivity contribution < 1.29 is 4.74 Å². The van der Waals surface area contributed by atoms with Gasteiger partial charge in [-0.05, 0) is 55.0 Å². The van der Waals surface area contributed by atoms with Crippen LogP contribution in [-0.4, -0.2) is 7.11 Å². The van der Waals surface area contributed by atoms with Gasteiger partial charge in [0.1, 0.15) is 5.75 Å². The molecular weight excluding hydrogens is 248 g/mol. The van der Waals surface area contributed by atoms with Crippen LogP contribution >= 0.6 is 0 Å². The molecule has 3 N–H and O–H groups in total. The van der Waals surface area contributed by atoms with Gasteiger partial charge in [0, 0.05) is 11.8 Å². The predicted molar refractivity (Wildman–Crippen MR) is 83.8 cm³/mol. The topological polar surface area (TPSA) is 47.3 Å². The lowest BCUT2D eigenvalue weighted by Gasteiger charge is -2.21. The van der Waals surface area contributed by atoms with E-state index in [1.807, 2.05) is 18.2 Å². The molecule has 3 nitrogen and oxygen atoms in total. The smallest absolute Gasteiger partial charge is 0.121 e. The third kappa shape index (κ3) is 2.44. The van der Waals surface area contributed by atoms with E-state index in [0.717, 1.165) is 23.5 Å². The van der Waals surface area contributed by atoms with Crippen molar-refractivity contribution in [2.45, 2.75) is 25.7 Å². The summed E-state index contributed by atoms with van der Waals surface area (Å²) in [7, 11) is 1.67. The summed E-state index contributed by atoms with van der Waals surface area (Å²) < 4.78 is 5.26. The molecule has 0 saturated carbocycles. The molecule has 104 valence electrons. The molecule has 0 bridgehead atoms. The van der Waals surface area contributed by atoms with Crippen molar-refractivity contribution in [2.75, 3.05) is 18.2 Å². The minimum atomic E-state index is 0.735. The van der Waals surface area contributed by atoms with E-state index in [2.05, 4.69) is 23.5 Å². The first-order valence-electron chi connectivity index (χ1n) is 7.09. The molecule has 20 heavy (non-hydrogen) atoms. The van der Waals surface area contributed by atoms with Crippen LogP contribution in [0.4, 0.5) is 17.1 Å². The molecule has 1 aliphatic rings. The fourth-order valence-electron chi connectivity index (χ4n) is 2.81. The number of ether oxygens (including phenoxy) is 1. The van der Waals surface area contributed by atoms with Crippen LogP contribution in [0, 0.1) is 0 Å². The fourth-order valence-corrected chi connectivity index (χ4v) is 2.81. The van der Waals surface area contributed by atoms with Crippen LogP contribution in [0.15, 0.2) is 36.4 Å². The maximum absolute atomic E-state index is 6.05. The highest BCUT2D eigenvalue weighted by Gasteiger charge is 2.13. The number of fused-ring (bicyclic) bond motifs is 1. The van der Waals surface area contributed by atoms with Gasteiger partial charge in [0.2, 0.25) is 0 Å². The Bertz CT molecular complexity index is 622. The number of nitrogens with one attached hydrogen (secondary N) is 1. The molecule has 0 aromatic heterocycles. The number of hydrogen-bond donors (Lipinski definition) is 2. The molecule has 0 spiro atoms. The van der Waals surface area contributed by atoms with Crippen molar-refractivity contribution in [3.8, 4) is 5.75 Å². The van der Waals surface area contributed by atoms with E-state index < -0.39 is 0 Å². The zero-order valence-electron chi connectivity index (χ0n) is 11.8. The molecule has 1 aliphatic carbocycles. The first kappa shape index (κ1) is 12.9. The van der Waals surface area contributed by atoms with Gasteiger partial charge in [0.15, 0.2) is 0 Å². The highest BCUT2D eigenvalue weighted by atomic mass is 16.5. The summed E-state index contributed by atoms with van der Waals surface area (Å²) in [4.78, 5) is 0. The second-order valence-electron chi connectivity index (χ2n) is 5.23. The monoisotopic (exact) mass is 268 g/mol. The summed E-state index contributed by atoms with van der Waals surface area (Å²) in [5.74, 6) is 0.812. The molecule has 0 radical (unpaired) electrons. The normalized spacial score (nSPS) is 13.7. The van der Waals surface area contributed by atoms with Gasteiger partial charge < -0.3 is 15.8 Å². The third-order valence-corrected chi connectivity index (χ3v) is 3.93. The van der Waals surface area contributed by atoms with Gasteiger partial charge in [-0.25, -0.2) is 0 Å². The number of nitrogens with two attached hydrogens (primary N) is 1. The van der Waals surface area contributed by atoms with Crippen LogP contribution in [0.3, 0.4) is 0 Å². The lowest BCUT2D eigenvalue weighted by molar-refractivity contribution is 0.415. The first-order valence-corrected chi connectivity index (χ1v) is 7.09. The molecule has 0 aliphatic heterocycles. The van der Waals surface area contributed by atoms with E-state index in [0.29, 0.717) is 0 Å². The second-order valence-corrected chi connectivity index (χ2v) is 5.23. The zero-order chi connectivity index (χ0) is 13.9. The van der Waals surface area contributed by atoms with Gasteiger partial charge in [-0.3, -0.25) is 0 Å². The summed E-state index contributed by atoms with van der Waals surface area (Å²) >= 11 is 0. The highest BCUT2D eigenvalue weighted by molar-refractivity contribution is 5.76. The summed E-state index contributed by atoms with van der Waals surface area (Å²) in [5, 5.41) is 3.47. The number of benzene rings is 2. The number of methoxy groups -OCH3 is 1. The maximum atomic E-state index is 6.05. The van der Waals surface area contributed by atoms with E-state index in [4.69, 9.17) is 10.5 Å². The van der Waals surface area contributed by atoms with Gasteiger partial charge >= 0.3 is 0 Å². The van der Waals surface area contributed by atoms with Crippen LogP contribution in [0.2, 0.25) is 0 Å². The molecule has 0 amide bonds. The zero-order valence-corrected chi connectivity index (χ0v) is 11.8. The molecule has 0 atom stereocenters. The SMILES string of the molecule is COc1ccc(N)c(Nc2cccc3c2CCCC3)c1. The number of nitrogen functional groups attached to an aromatic ring is 1. The number of rotatable bonds is 3. The van der Waals surface area contributed by atoms with Crippen LogP contribution < -0.4 is 15.8 Å². The summed E-state index contributed by atoms with van der Waals surface area (Å²) in [5.41, 5.74) is 11.8. The van der Waals surface area contributed by atoms with E-state index in [1.54, 1.807) is 7.11 Å². The van der Waals surface area contributed by atoms with Crippen molar-refractivity contribution in [2.24, 2.45) is 0 Å². The second kappa shape index (κ2) is 5.45. The Morgan fingerprint density at radius 3 is 2.75 bits per heavy atom. The molecule has 0 unspecified atom stereocenters. The summed E-state index contributed by atoms with van der Waals surface area (Å²) in [6.45, 7) is 0. The molecule has 3 heteroatoms. The summed E-state index contributed by atoms with van der Waals surface area (Å²) in [6.07, 6.45) is 4.87. The maximum Gasteiger partial charge on any atom is 0.121 e. The van der Waals surface area contributed by atoms with Gasteiger partial charge in [0.25, 0.3) is 0 Å². The lowest BCUT2D eigenvalue weighted by atomic mass is 9.90. The van der Waals surface area contributed by atoms with E-state index in [9.17, 15) is 0 Å². The first-order chi connectivity index (χ1) is 9.78. The molecule has 0 saturated heterocycles. The average Bonchev–Trinajstić information content (AvgIpc) is 2.50. The third-order valence-electron chi connectivity index (χ3n) is 3.93. The minimum Gasteiger partial charge on any atom is -0.497 e. The number of anilines is 3. The Hall–Kier alpha value is -2.16. The van der Waals surface area contributed by atoms with Gasteiger partial charge in [-0.15, -0.1) is 0 Å². The van der Waals surface area contributed by atoms with Crippen LogP contribution in [0.25, 0.3) is 0 Å². The Morgan fingerprint density at radius 2 is 1.90 bits per heavy atom. The van der Waals surface area contributed by atoms with Crippen LogP contribution in [-0.2, 0) is 12.8 Å². The quantitative estimate of drug-likeness (QED) is 0.830. The highest BCUT2D eigenvalue weighted by Crippen LogP contribution is 2.33. The molecule has 0 heterocycles. The Morgan fingerprint density at radius 1 is 1.05 bits per heavy atom. The molecular formula is C17H20N2O. The van der Waals surface area contributed by atoms with E-state index >= 15 is 0 Å². The van der Waals surface area contributed by atoms with Crippen molar-refractivity contribution >= 4 is 17.1 Å². The van der Waals surface area contributed by atoms with Gasteiger partial charge in [-0.1, -0.05) is 12.1 Å². The molecule has 2 aromatic rings. The number of aryl methyl sites for hydroxylation is 1. The van der Waals surface area contributed by atoms with Crippen molar-refractivity contribution in [3.63, 3.8) is 0 Å². The van der Waals surface area contributed by atoms with Crippen molar-refractivity contribution in [1.82, 2.24) is 0 Å². The standard InChI is InChI=1S/C17H20N2O/c1-20-13-9-10-15(18)17(11-13)19-16-8-4-6-12-5-2-3-7-14(12)16/h4,6,8-11,19H,2-3,5,7,18H2,1H3. The molecule has 3 rings (SSSR count). The van der Waals surface area contributed by atoms with Crippen LogP contribution in [0.5, 0.6) is 5.75 Å². The van der Waals surface area contributed by atoms with Gasteiger partial charge in [-0.2, -0.15) is 0 Å².